The molecule has 1 aromatic carbocycles. The molecule has 1 aromatic heterocycles. The van der Waals surface area contributed by atoms with Crippen molar-refractivity contribution in [3.8, 4) is 5.69 Å². The summed E-state index contributed by atoms with van der Waals surface area (Å²) in [4.78, 5) is 0. The van der Waals surface area contributed by atoms with Crippen LogP contribution in [-0.4, -0.2) is 34.2 Å². The molecule has 108 valence electrons. The minimum atomic E-state index is -4.32. The molecule has 0 aliphatic rings. The molecule has 1 unspecified atom stereocenters. The molecule has 0 spiro atoms. The van der Waals surface area contributed by atoms with Gasteiger partial charge in [-0.2, -0.15) is 18.3 Å². The first-order chi connectivity index (χ1) is 9.49. The third kappa shape index (κ3) is 3.82. The second kappa shape index (κ2) is 6.06. The SMILES string of the molecule is OCC(NCC(F)(F)F)c1cnn(-c2ccccc2)c1. The highest BCUT2D eigenvalue weighted by Gasteiger charge is 2.28. The lowest BCUT2D eigenvalue weighted by Crippen LogP contribution is -2.33. The normalized spacial score (nSPS) is 13.4. The van der Waals surface area contributed by atoms with Crippen molar-refractivity contribution >= 4 is 0 Å². The molecule has 0 fully saturated rings. The van der Waals surface area contributed by atoms with Crippen molar-refractivity contribution < 1.29 is 18.3 Å². The number of hydrogen-bond donors (Lipinski definition) is 2. The quantitative estimate of drug-likeness (QED) is 0.884. The number of para-hydroxylation sites is 1. The van der Waals surface area contributed by atoms with Gasteiger partial charge in [-0.3, -0.25) is 5.32 Å². The van der Waals surface area contributed by atoms with E-state index in [4.69, 9.17) is 0 Å². The van der Waals surface area contributed by atoms with Crippen LogP contribution in [0.2, 0.25) is 0 Å². The molecule has 1 atom stereocenters. The summed E-state index contributed by atoms with van der Waals surface area (Å²) in [6, 6.07) is 8.38. The Bertz CT molecular complexity index is 539. The Morgan fingerprint density at radius 2 is 1.95 bits per heavy atom. The van der Waals surface area contributed by atoms with Crippen molar-refractivity contribution in [1.82, 2.24) is 15.1 Å². The Balaban J connectivity index is 2.10. The van der Waals surface area contributed by atoms with E-state index in [1.807, 2.05) is 30.3 Å². The maximum absolute atomic E-state index is 12.2. The first kappa shape index (κ1) is 14.5. The van der Waals surface area contributed by atoms with Gasteiger partial charge in [-0.25, -0.2) is 4.68 Å². The van der Waals surface area contributed by atoms with Crippen LogP contribution in [0.4, 0.5) is 13.2 Å². The molecule has 0 radical (unpaired) electrons. The fourth-order valence-electron chi connectivity index (χ4n) is 1.77. The van der Waals surface area contributed by atoms with Crippen LogP contribution in [0.5, 0.6) is 0 Å². The highest BCUT2D eigenvalue weighted by Crippen LogP contribution is 2.18. The van der Waals surface area contributed by atoms with E-state index in [2.05, 4.69) is 10.4 Å². The van der Waals surface area contributed by atoms with Gasteiger partial charge >= 0.3 is 6.18 Å². The second-order valence-corrected chi connectivity index (χ2v) is 4.29. The molecule has 7 heteroatoms. The van der Waals surface area contributed by atoms with Gasteiger partial charge < -0.3 is 5.11 Å². The molecule has 20 heavy (non-hydrogen) atoms. The number of nitrogens with zero attached hydrogens (tertiary/aromatic N) is 2. The number of halogens is 3. The van der Waals surface area contributed by atoms with Crippen LogP contribution in [0, 0.1) is 0 Å². The van der Waals surface area contributed by atoms with Crippen LogP contribution < -0.4 is 5.32 Å². The number of rotatable bonds is 5. The van der Waals surface area contributed by atoms with Gasteiger partial charge in [-0.15, -0.1) is 0 Å². The van der Waals surface area contributed by atoms with Crippen LogP contribution in [0.3, 0.4) is 0 Å². The molecule has 2 N–H and O–H groups in total. The number of alkyl halides is 3. The average Bonchev–Trinajstić information content (AvgIpc) is 2.89. The Labute approximate surface area is 113 Å². The first-order valence-corrected chi connectivity index (χ1v) is 6.00. The fraction of sp³-hybridized carbons (Fsp3) is 0.308. The zero-order valence-electron chi connectivity index (χ0n) is 10.5. The van der Waals surface area contributed by atoms with E-state index < -0.39 is 25.4 Å². The molecule has 0 amide bonds. The first-order valence-electron chi connectivity index (χ1n) is 6.00. The number of benzene rings is 1. The average molecular weight is 285 g/mol. The summed E-state index contributed by atoms with van der Waals surface area (Å²) in [5.41, 5.74) is 1.30. The Morgan fingerprint density at radius 3 is 2.55 bits per heavy atom. The van der Waals surface area contributed by atoms with Crippen LogP contribution in [-0.2, 0) is 0 Å². The second-order valence-electron chi connectivity index (χ2n) is 4.29. The van der Waals surface area contributed by atoms with E-state index in [0.29, 0.717) is 5.56 Å². The van der Waals surface area contributed by atoms with Gasteiger partial charge in [0.05, 0.1) is 31.1 Å². The predicted octanol–water partition coefficient (Wildman–Crippen LogP) is 2.06. The molecule has 2 rings (SSSR count). The van der Waals surface area contributed by atoms with Gasteiger partial charge in [0.2, 0.25) is 0 Å². The Hall–Kier alpha value is -1.86. The molecule has 4 nitrogen and oxygen atoms in total. The molecule has 0 saturated carbocycles. The minimum absolute atomic E-state index is 0.434. The summed E-state index contributed by atoms with van der Waals surface area (Å²) in [5, 5.41) is 15.5. The highest BCUT2D eigenvalue weighted by atomic mass is 19.4. The summed E-state index contributed by atoms with van der Waals surface area (Å²) in [6.07, 6.45) is -1.28. The van der Waals surface area contributed by atoms with Gasteiger partial charge in [-0.05, 0) is 12.1 Å². The minimum Gasteiger partial charge on any atom is -0.394 e. The summed E-state index contributed by atoms with van der Waals surface area (Å²) in [6.45, 7) is -1.59. The van der Waals surface area contributed by atoms with Crippen molar-refractivity contribution in [3.05, 3.63) is 48.3 Å². The van der Waals surface area contributed by atoms with Crippen molar-refractivity contribution in [1.29, 1.82) is 0 Å². The van der Waals surface area contributed by atoms with Gasteiger partial charge in [0.15, 0.2) is 0 Å². The van der Waals surface area contributed by atoms with Crippen LogP contribution in [0.1, 0.15) is 11.6 Å². The third-order valence-corrected chi connectivity index (χ3v) is 2.76. The molecular formula is C13H14F3N3O. The molecule has 0 saturated heterocycles. The van der Waals surface area contributed by atoms with Gasteiger partial charge in [0.1, 0.15) is 0 Å². The van der Waals surface area contributed by atoms with E-state index in [-0.39, 0.29) is 0 Å². The zero-order valence-corrected chi connectivity index (χ0v) is 10.5. The van der Waals surface area contributed by atoms with E-state index in [0.717, 1.165) is 5.69 Å². The molecule has 0 aliphatic heterocycles. The number of aromatic nitrogens is 2. The standard InChI is InChI=1S/C13H14F3N3O/c14-13(15,16)9-17-12(8-20)10-6-18-19(7-10)11-4-2-1-3-5-11/h1-7,12,17,20H,8-9H2. The summed E-state index contributed by atoms with van der Waals surface area (Å²) in [7, 11) is 0. The summed E-state index contributed by atoms with van der Waals surface area (Å²) in [5.74, 6) is 0. The molecule has 0 aliphatic carbocycles. The smallest absolute Gasteiger partial charge is 0.394 e. The zero-order chi connectivity index (χ0) is 14.6. The van der Waals surface area contributed by atoms with Gasteiger partial charge in [0.25, 0.3) is 0 Å². The van der Waals surface area contributed by atoms with Crippen molar-refractivity contribution in [2.75, 3.05) is 13.2 Å². The number of aliphatic hydroxyl groups excluding tert-OH is 1. The maximum atomic E-state index is 12.2. The van der Waals surface area contributed by atoms with E-state index in [9.17, 15) is 18.3 Å². The number of nitrogens with one attached hydrogen (secondary N) is 1. The topological polar surface area (TPSA) is 50.1 Å². The van der Waals surface area contributed by atoms with Crippen molar-refractivity contribution in [3.63, 3.8) is 0 Å². The lowest BCUT2D eigenvalue weighted by atomic mass is 10.2. The number of aliphatic hydroxyl groups is 1. The van der Waals surface area contributed by atoms with Crippen molar-refractivity contribution in [2.45, 2.75) is 12.2 Å². The van der Waals surface area contributed by atoms with Gasteiger partial charge in [0, 0.05) is 11.8 Å². The summed E-state index contributed by atoms with van der Waals surface area (Å²) >= 11 is 0. The molecule has 1 heterocycles. The van der Waals surface area contributed by atoms with Gasteiger partial charge in [-0.1, -0.05) is 18.2 Å². The largest absolute Gasteiger partial charge is 0.401 e. The van der Waals surface area contributed by atoms with Crippen LogP contribution in [0.15, 0.2) is 42.7 Å². The van der Waals surface area contributed by atoms with E-state index in [1.165, 1.54) is 6.20 Å². The molecule has 2 aromatic rings. The highest BCUT2D eigenvalue weighted by molar-refractivity contribution is 5.31. The van der Waals surface area contributed by atoms with Crippen molar-refractivity contribution in [2.24, 2.45) is 0 Å². The predicted molar refractivity (Wildman–Crippen MR) is 67.4 cm³/mol. The molecule has 0 bridgehead atoms. The maximum Gasteiger partial charge on any atom is 0.401 e. The van der Waals surface area contributed by atoms with E-state index in [1.54, 1.807) is 10.9 Å². The lowest BCUT2D eigenvalue weighted by Gasteiger charge is -2.15. The fourth-order valence-corrected chi connectivity index (χ4v) is 1.77. The van der Waals surface area contributed by atoms with E-state index >= 15 is 0 Å². The lowest BCUT2D eigenvalue weighted by molar-refractivity contribution is -0.126. The summed E-state index contributed by atoms with van der Waals surface area (Å²) < 4.78 is 38.1. The Morgan fingerprint density at radius 1 is 1.25 bits per heavy atom. The number of hydrogen-bond acceptors (Lipinski definition) is 3. The van der Waals surface area contributed by atoms with Crippen LogP contribution in [0.25, 0.3) is 5.69 Å². The molecular weight excluding hydrogens is 271 g/mol. The Kier molecular flexibility index (Phi) is 4.41. The monoisotopic (exact) mass is 285 g/mol. The van der Waals surface area contributed by atoms with Crippen LogP contribution >= 0.6 is 0 Å². The third-order valence-electron chi connectivity index (χ3n) is 2.76.